The molecule has 0 unspecified atom stereocenters. The molecule has 0 spiro atoms. The normalized spacial score (nSPS) is 59.7. The smallest absolute Gasteiger partial charge is 0.0923 e. The van der Waals surface area contributed by atoms with Gasteiger partial charge in [-0.05, 0) is 25.7 Å². The minimum Gasteiger partial charge on any atom is -0.389 e. The van der Waals surface area contributed by atoms with Crippen LogP contribution in [-0.2, 0) is 0 Å². The summed E-state index contributed by atoms with van der Waals surface area (Å²) < 4.78 is 0. The molecule has 0 amide bonds. The van der Waals surface area contributed by atoms with Gasteiger partial charge in [0.25, 0.3) is 0 Å². The Bertz CT molecular complexity index is 143. The van der Waals surface area contributed by atoms with Gasteiger partial charge in [-0.15, -0.1) is 23.2 Å². The predicted octanol–water partition coefficient (Wildman–Crippen LogP) is 1.89. The minimum atomic E-state index is -0.483. The Morgan fingerprint density at radius 1 is 1.00 bits per heavy atom. The number of hydrogen-bond donors (Lipinski definition) is 1. The van der Waals surface area contributed by atoms with Crippen LogP contribution in [0.25, 0.3) is 0 Å². The number of aliphatic hydroxyl groups excluding tert-OH is 1. The zero-order valence-corrected chi connectivity index (χ0v) is 7.12. The van der Waals surface area contributed by atoms with Crippen molar-refractivity contribution in [3.63, 3.8) is 0 Å². The molecule has 58 valence electrons. The molecule has 0 aromatic heterocycles. The fourth-order valence-electron chi connectivity index (χ4n) is 2.09. The van der Waals surface area contributed by atoms with Gasteiger partial charge >= 0.3 is 0 Å². The van der Waals surface area contributed by atoms with E-state index >= 15 is 0 Å². The lowest BCUT2D eigenvalue weighted by Crippen LogP contribution is -2.33. The van der Waals surface area contributed by atoms with Crippen LogP contribution in [0.3, 0.4) is 0 Å². The Balaban J connectivity index is 2.34. The molecule has 2 rings (SSSR count). The van der Waals surface area contributed by atoms with E-state index in [1.807, 2.05) is 0 Å². The molecule has 0 aromatic carbocycles. The van der Waals surface area contributed by atoms with E-state index in [4.69, 9.17) is 23.2 Å². The van der Waals surface area contributed by atoms with Crippen LogP contribution in [0.1, 0.15) is 25.7 Å². The van der Waals surface area contributed by atoms with Gasteiger partial charge in [0.15, 0.2) is 0 Å². The van der Waals surface area contributed by atoms with Crippen molar-refractivity contribution in [3.05, 3.63) is 0 Å². The fourth-order valence-corrected chi connectivity index (χ4v) is 2.94. The number of rotatable bonds is 0. The zero-order chi connectivity index (χ0) is 7.41. The second-order valence-electron chi connectivity index (χ2n) is 3.47. The van der Waals surface area contributed by atoms with Crippen molar-refractivity contribution >= 4 is 23.2 Å². The molecular formula is C7H10Cl2O. The topological polar surface area (TPSA) is 20.2 Å². The molecule has 0 aromatic rings. The van der Waals surface area contributed by atoms with Crippen LogP contribution in [0.4, 0.5) is 0 Å². The highest BCUT2D eigenvalue weighted by Gasteiger charge is 2.60. The van der Waals surface area contributed by atoms with Crippen LogP contribution in [0, 0.1) is 0 Å². The summed E-state index contributed by atoms with van der Waals surface area (Å²) in [5, 5.41) is 9.58. The predicted molar refractivity (Wildman–Crippen MR) is 41.6 cm³/mol. The van der Waals surface area contributed by atoms with Crippen LogP contribution < -0.4 is 0 Å². The number of hydrogen-bond acceptors (Lipinski definition) is 1. The number of halogens is 2. The molecule has 2 saturated carbocycles. The first-order chi connectivity index (χ1) is 4.57. The Morgan fingerprint density at radius 2 is 1.30 bits per heavy atom. The highest BCUT2D eigenvalue weighted by molar-refractivity contribution is 6.30. The summed E-state index contributed by atoms with van der Waals surface area (Å²) >= 11 is 12.2. The number of fused-ring (bicyclic) bond motifs is 2. The summed E-state index contributed by atoms with van der Waals surface area (Å²) in [4.78, 5) is -0.747. The van der Waals surface area contributed by atoms with E-state index in [-0.39, 0.29) is 9.75 Å². The van der Waals surface area contributed by atoms with E-state index in [2.05, 4.69) is 0 Å². The Hall–Kier alpha value is 0.540. The Morgan fingerprint density at radius 3 is 1.40 bits per heavy atom. The second kappa shape index (κ2) is 1.82. The third-order valence-corrected chi connectivity index (χ3v) is 4.06. The van der Waals surface area contributed by atoms with Crippen LogP contribution in [0.15, 0.2) is 0 Å². The van der Waals surface area contributed by atoms with E-state index in [0.717, 1.165) is 25.7 Å². The first-order valence-electron chi connectivity index (χ1n) is 3.63. The first-order valence-corrected chi connectivity index (χ1v) is 4.38. The van der Waals surface area contributed by atoms with Gasteiger partial charge in [0.2, 0.25) is 0 Å². The van der Waals surface area contributed by atoms with Crippen molar-refractivity contribution in [1.29, 1.82) is 0 Å². The van der Waals surface area contributed by atoms with Crippen LogP contribution >= 0.6 is 23.2 Å². The molecule has 0 radical (unpaired) electrons. The van der Waals surface area contributed by atoms with E-state index in [1.165, 1.54) is 0 Å². The second-order valence-corrected chi connectivity index (χ2v) is 4.98. The average molecular weight is 181 g/mol. The average Bonchev–Trinajstić information content (AvgIpc) is 2.24. The van der Waals surface area contributed by atoms with Gasteiger partial charge in [-0.25, -0.2) is 0 Å². The van der Waals surface area contributed by atoms with E-state index in [9.17, 15) is 5.11 Å². The first kappa shape index (κ1) is 7.20. The third-order valence-electron chi connectivity index (χ3n) is 2.89. The lowest BCUT2D eigenvalue weighted by molar-refractivity contribution is 0.148. The molecule has 0 atom stereocenters. The van der Waals surface area contributed by atoms with Crippen molar-refractivity contribution in [2.75, 3.05) is 0 Å². The molecule has 0 saturated heterocycles. The summed E-state index contributed by atoms with van der Waals surface area (Å²) in [6.45, 7) is 0. The maximum atomic E-state index is 9.58. The van der Waals surface area contributed by atoms with Crippen molar-refractivity contribution in [2.45, 2.75) is 41.5 Å². The standard InChI is InChI=1S/C7H10Cl2O/c8-6-1-2-7(9,4-3-6)5(6)10/h5,10H,1-4H2. The van der Waals surface area contributed by atoms with Gasteiger partial charge < -0.3 is 5.11 Å². The molecule has 10 heavy (non-hydrogen) atoms. The summed E-state index contributed by atoms with van der Waals surface area (Å²) in [6.07, 6.45) is 3.01. The van der Waals surface area contributed by atoms with Crippen LogP contribution in [0.2, 0.25) is 0 Å². The molecule has 1 nitrogen and oxygen atoms in total. The molecule has 2 bridgehead atoms. The number of aliphatic hydroxyl groups is 1. The van der Waals surface area contributed by atoms with Gasteiger partial charge in [-0.2, -0.15) is 0 Å². The minimum absolute atomic E-state index is 0.373. The van der Waals surface area contributed by atoms with Crippen LogP contribution in [0.5, 0.6) is 0 Å². The highest BCUT2D eigenvalue weighted by atomic mass is 35.5. The lowest BCUT2D eigenvalue weighted by Gasteiger charge is -2.19. The largest absolute Gasteiger partial charge is 0.389 e. The fraction of sp³-hybridized carbons (Fsp3) is 1.00. The molecule has 0 heterocycles. The third kappa shape index (κ3) is 0.689. The molecule has 2 aliphatic rings. The van der Waals surface area contributed by atoms with Crippen LogP contribution in [-0.4, -0.2) is 21.0 Å². The van der Waals surface area contributed by atoms with E-state index in [1.54, 1.807) is 0 Å². The summed E-state index contributed by atoms with van der Waals surface area (Å²) in [5.41, 5.74) is 0. The number of alkyl halides is 2. The molecule has 2 fully saturated rings. The maximum Gasteiger partial charge on any atom is 0.0923 e. The monoisotopic (exact) mass is 180 g/mol. The maximum absolute atomic E-state index is 9.58. The van der Waals surface area contributed by atoms with E-state index < -0.39 is 6.10 Å². The van der Waals surface area contributed by atoms with Gasteiger partial charge in [-0.3, -0.25) is 0 Å². The summed E-state index contributed by atoms with van der Waals surface area (Å²) in [7, 11) is 0. The SMILES string of the molecule is OC1C2(Cl)CCC1(Cl)CC2. The molecule has 3 heteroatoms. The highest BCUT2D eigenvalue weighted by Crippen LogP contribution is 2.57. The van der Waals surface area contributed by atoms with Gasteiger partial charge in [-0.1, -0.05) is 0 Å². The lowest BCUT2D eigenvalue weighted by atomic mass is 10.00. The van der Waals surface area contributed by atoms with Crippen molar-refractivity contribution in [2.24, 2.45) is 0 Å². The van der Waals surface area contributed by atoms with Gasteiger partial charge in [0.05, 0.1) is 15.9 Å². The van der Waals surface area contributed by atoms with Crippen molar-refractivity contribution < 1.29 is 5.11 Å². The van der Waals surface area contributed by atoms with E-state index in [0.29, 0.717) is 0 Å². The summed E-state index contributed by atoms with van der Waals surface area (Å²) in [5.74, 6) is 0. The summed E-state index contributed by atoms with van der Waals surface area (Å²) in [6, 6.07) is 0. The van der Waals surface area contributed by atoms with Gasteiger partial charge in [0.1, 0.15) is 0 Å². The quantitative estimate of drug-likeness (QED) is 0.565. The van der Waals surface area contributed by atoms with Crippen molar-refractivity contribution in [3.8, 4) is 0 Å². The van der Waals surface area contributed by atoms with Gasteiger partial charge in [0, 0.05) is 0 Å². The Labute approximate surface area is 70.3 Å². The molecule has 2 aliphatic carbocycles. The zero-order valence-electron chi connectivity index (χ0n) is 5.61. The van der Waals surface area contributed by atoms with Crippen molar-refractivity contribution in [1.82, 2.24) is 0 Å². The molecule has 1 N–H and O–H groups in total. The molecular weight excluding hydrogens is 171 g/mol. The Kier molecular flexibility index (Phi) is 1.31. The molecule has 0 aliphatic heterocycles.